The van der Waals surface area contributed by atoms with E-state index in [0.717, 1.165) is 5.56 Å². The van der Waals surface area contributed by atoms with E-state index in [-0.39, 0.29) is 0 Å². The molecule has 0 saturated carbocycles. The molecule has 4 aliphatic rings. The van der Waals surface area contributed by atoms with Crippen molar-refractivity contribution in [1.29, 1.82) is 0 Å². The molecule has 0 radical (unpaired) electrons. The lowest BCUT2D eigenvalue weighted by Crippen LogP contribution is -2.60. The monoisotopic (exact) mass is 622 g/mol. The number of benzene rings is 1. The first-order valence-corrected chi connectivity index (χ1v) is 14.3. The minimum atomic E-state index is -1.67. The van der Waals surface area contributed by atoms with Crippen LogP contribution in [0.4, 0.5) is 0 Å². The molecule has 0 aromatic heterocycles. The van der Waals surface area contributed by atoms with Crippen LogP contribution in [-0.2, 0) is 33.2 Å². The van der Waals surface area contributed by atoms with Gasteiger partial charge in [-0.05, 0) is 30.2 Å². The van der Waals surface area contributed by atoms with E-state index in [0.29, 0.717) is 5.57 Å². The van der Waals surface area contributed by atoms with Crippen molar-refractivity contribution in [3.05, 3.63) is 66.0 Å². The van der Waals surface area contributed by atoms with Crippen molar-refractivity contribution in [2.75, 3.05) is 13.2 Å². The van der Waals surface area contributed by atoms with Crippen LogP contribution in [0.5, 0.6) is 0 Å². The van der Waals surface area contributed by atoms with Crippen molar-refractivity contribution >= 4 is 12.0 Å². The Morgan fingerprint density at radius 1 is 0.886 bits per heavy atom. The highest BCUT2D eigenvalue weighted by Gasteiger charge is 2.52. The second-order valence-electron chi connectivity index (χ2n) is 11.1. The zero-order valence-corrected chi connectivity index (χ0v) is 23.8. The first kappa shape index (κ1) is 32.7. The normalized spacial score (nSPS) is 42.0. The van der Waals surface area contributed by atoms with Gasteiger partial charge in [0.15, 0.2) is 18.7 Å². The van der Waals surface area contributed by atoms with Crippen LogP contribution in [0.1, 0.15) is 12.5 Å². The minimum Gasteiger partial charge on any atom is -0.472 e. The van der Waals surface area contributed by atoms with Gasteiger partial charge < -0.3 is 64.2 Å². The molecule has 0 bridgehead atoms. The molecule has 2 saturated heterocycles. The smallest absolute Gasteiger partial charge is 0.331 e. The number of rotatable bonds is 9. The predicted molar refractivity (Wildman–Crippen MR) is 148 cm³/mol. The van der Waals surface area contributed by atoms with Crippen molar-refractivity contribution in [2.24, 2.45) is 11.8 Å². The number of aliphatic hydroxyl groups excluding tert-OH is 7. The molecule has 3 heterocycles. The summed E-state index contributed by atoms with van der Waals surface area (Å²) in [4.78, 5) is 12.7. The maximum absolute atomic E-state index is 12.7. The van der Waals surface area contributed by atoms with E-state index in [4.69, 9.17) is 28.4 Å². The van der Waals surface area contributed by atoms with Gasteiger partial charge >= 0.3 is 5.97 Å². The Bertz CT molecular complexity index is 1200. The Hall–Kier alpha value is -2.73. The summed E-state index contributed by atoms with van der Waals surface area (Å²) in [6.07, 6.45) is -8.79. The van der Waals surface area contributed by atoms with Crippen molar-refractivity contribution < 1.29 is 69.0 Å². The molecule has 1 aliphatic carbocycles. The van der Waals surface area contributed by atoms with E-state index < -0.39 is 105 Å². The highest BCUT2D eigenvalue weighted by molar-refractivity contribution is 5.87. The molecule has 1 aromatic carbocycles. The first-order chi connectivity index (χ1) is 21.1. The Balaban J connectivity index is 1.31. The number of esters is 1. The summed E-state index contributed by atoms with van der Waals surface area (Å²) < 4.78 is 34.5. The average Bonchev–Trinajstić information content (AvgIpc) is 3.39. The van der Waals surface area contributed by atoms with Gasteiger partial charge in [-0.25, -0.2) is 4.79 Å². The molecule has 14 atom stereocenters. The summed E-state index contributed by atoms with van der Waals surface area (Å²) >= 11 is 0. The zero-order chi connectivity index (χ0) is 31.5. The van der Waals surface area contributed by atoms with Gasteiger partial charge in [0.2, 0.25) is 6.29 Å². The van der Waals surface area contributed by atoms with Crippen LogP contribution in [0, 0.1) is 11.8 Å². The number of carbonyl (C=O) groups excluding carboxylic acids is 1. The maximum Gasteiger partial charge on any atom is 0.331 e. The second kappa shape index (κ2) is 14.1. The van der Waals surface area contributed by atoms with Crippen LogP contribution < -0.4 is 0 Å². The fourth-order valence-electron chi connectivity index (χ4n) is 5.78. The summed E-state index contributed by atoms with van der Waals surface area (Å²) in [6.45, 7) is 0.454. The maximum atomic E-state index is 12.7. The van der Waals surface area contributed by atoms with Crippen LogP contribution in [0.3, 0.4) is 0 Å². The Morgan fingerprint density at radius 3 is 2.34 bits per heavy atom. The molecule has 3 aliphatic heterocycles. The third-order valence-electron chi connectivity index (χ3n) is 8.25. The second-order valence-corrected chi connectivity index (χ2v) is 11.1. The lowest BCUT2D eigenvalue weighted by Gasteiger charge is -2.43. The summed E-state index contributed by atoms with van der Waals surface area (Å²) in [5.74, 6) is -2.03. The fourth-order valence-corrected chi connectivity index (χ4v) is 5.78. The molecular weight excluding hydrogens is 584 g/mol. The number of hydrogen-bond acceptors (Lipinski definition) is 14. The minimum absolute atomic E-state index is 0.432. The van der Waals surface area contributed by atoms with Gasteiger partial charge in [-0.1, -0.05) is 36.4 Å². The predicted octanol–water partition coefficient (Wildman–Crippen LogP) is -1.69. The highest BCUT2D eigenvalue weighted by Crippen LogP contribution is 2.43. The largest absolute Gasteiger partial charge is 0.472 e. The van der Waals surface area contributed by atoms with Crippen molar-refractivity contribution in [3.63, 3.8) is 0 Å². The summed E-state index contributed by atoms with van der Waals surface area (Å²) in [6, 6.07) is 9.02. The van der Waals surface area contributed by atoms with E-state index in [1.54, 1.807) is 36.4 Å². The van der Waals surface area contributed by atoms with Crippen molar-refractivity contribution in [3.8, 4) is 0 Å². The quantitative estimate of drug-likeness (QED) is 0.0931. The fraction of sp³-hybridized carbons (Fsp3) is 0.567. The van der Waals surface area contributed by atoms with Crippen LogP contribution >= 0.6 is 0 Å². The summed E-state index contributed by atoms with van der Waals surface area (Å²) in [7, 11) is 0. The van der Waals surface area contributed by atoms with Gasteiger partial charge in [0.25, 0.3) is 0 Å². The van der Waals surface area contributed by atoms with Crippen LogP contribution in [0.25, 0.3) is 6.08 Å². The Morgan fingerprint density at radius 2 is 1.64 bits per heavy atom. The molecule has 14 unspecified atom stereocenters. The number of aliphatic hydroxyl groups is 7. The van der Waals surface area contributed by atoms with Gasteiger partial charge in [0, 0.05) is 12.0 Å². The Labute approximate surface area is 253 Å². The molecule has 0 spiro atoms. The standard InChI is InChI=1S/C30H38O14/c1-14-22(34)25(37)27(43-20(33)8-7-15-5-3-2-4-6-15)30(40-14)41-18-11-16(12-31)21-17(18)9-10-39-28(21)44-29-26(38)24(36)23(35)19(13-32)42-29/h2-11,14,17-19,21-32,34-38H,12-13H2,1H3. The lowest BCUT2D eigenvalue weighted by molar-refractivity contribution is -0.341. The van der Waals surface area contributed by atoms with Gasteiger partial charge in [0.05, 0.1) is 37.6 Å². The molecule has 2 fully saturated rings. The molecule has 44 heavy (non-hydrogen) atoms. The topological polar surface area (TPSA) is 214 Å². The SMILES string of the molecule is CC1OC(OC2C=C(CO)C3C(OC4OC(CO)C(O)C(O)C4O)OC=CC23)C(OC(=O)C=Cc2ccccc2)C(O)C1O. The van der Waals surface area contributed by atoms with Gasteiger partial charge in [-0.15, -0.1) is 0 Å². The third kappa shape index (κ3) is 6.76. The Kier molecular flexibility index (Phi) is 10.5. The first-order valence-electron chi connectivity index (χ1n) is 14.3. The summed E-state index contributed by atoms with van der Waals surface area (Å²) in [5.41, 5.74) is 1.18. The summed E-state index contributed by atoms with van der Waals surface area (Å²) in [5, 5.41) is 71.7. The highest BCUT2D eigenvalue weighted by atomic mass is 16.8. The molecule has 5 rings (SSSR count). The van der Waals surface area contributed by atoms with E-state index >= 15 is 0 Å². The average molecular weight is 623 g/mol. The van der Waals surface area contributed by atoms with E-state index in [1.807, 2.05) is 6.07 Å². The molecular formula is C30H38O14. The molecule has 242 valence electrons. The van der Waals surface area contributed by atoms with Gasteiger partial charge in [-0.3, -0.25) is 0 Å². The molecule has 0 amide bonds. The van der Waals surface area contributed by atoms with E-state index in [1.165, 1.54) is 25.3 Å². The number of ether oxygens (including phenoxy) is 6. The van der Waals surface area contributed by atoms with Crippen LogP contribution in [0.2, 0.25) is 0 Å². The zero-order valence-electron chi connectivity index (χ0n) is 23.8. The van der Waals surface area contributed by atoms with Crippen LogP contribution in [-0.4, -0.2) is 129 Å². The molecule has 7 N–H and O–H groups in total. The number of carbonyl (C=O) groups is 1. The molecule has 1 aromatic rings. The third-order valence-corrected chi connectivity index (χ3v) is 8.25. The van der Waals surface area contributed by atoms with Crippen molar-refractivity contribution in [2.45, 2.75) is 80.7 Å². The van der Waals surface area contributed by atoms with Gasteiger partial charge in [-0.2, -0.15) is 0 Å². The molecule has 14 heteroatoms. The van der Waals surface area contributed by atoms with Crippen molar-refractivity contribution in [1.82, 2.24) is 0 Å². The van der Waals surface area contributed by atoms with Gasteiger partial charge in [0.1, 0.15) is 36.6 Å². The van der Waals surface area contributed by atoms with E-state index in [2.05, 4.69) is 0 Å². The number of fused-ring (bicyclic) bond motifs is 1. The molecule has 14 nitrogen and oxygen atoms in total. The number of hydrogen-bond donors (Lipinski definition) is 7. The van der Waals surface area contributed by atoms with Crippen LogP contribution in [0.15, 0.2) is 60.4 Å². The lowest BCUT2D eigenvalue weighted by atomic mass is 9.88. The van der Waals surface area contributed by atoms with E-state index in [9.17, 15) is 40.5 Å².